The van der Waals surface area contributed by atoms with Gasteiger partial charge in [-0.25, -0.2) is 0 Å². The van der Waals surface area contributed by atoms with E-state index >= 15 is 0 Å². The third-order valence-corrected chi connectivity index (χ3v) is 3.49. The monoisotopic (exact) mass is 297 g/mol. The van der Waals surface area contributed by atoms with Crippen LogP contribution >= 0.6 is 15.9 Å². The summed E-state index contributed by atoms with van der Waals surface area (Å²) in [6.45, 7) is 2.59. The van der Waals surface area contributed by atoms with E-state index in [9.17, 15) is 4.79 Å². The van der Waals surface area contributed by atoms with Crippen LogP contribution in [0.4, 0.5) is 5.69 Å². The molecule has 92 valence electrons. The Bertz CT molecular complexity index is 422. The van der Waals surface area contributed by atoms with Crippen LogP contribution in [0.1, 0.15) is 12.0 Å². The van der Waals surface area contributed by atoms with Crippen LogP contribution in [-0.2, 0) is 11.3 Å². The Balaban J connectivity index is 2.23. The molecule has 17 heavy (non-hydrogen) atoms. The van der Waals surface area contributed by atoms with Crippen molar-refractivity contribution in [2.24, 2.45) is 5.73 Å². The summed E-state index contributed by atoms with van der Waals surface area (Å²) >= 11 is 3.54. The highest BCUT2D eigenvalue weighted by Crippen LogP contribution is 2.27. The molecule has 1 aliphatic heterocycles. The first-order valence-electron chi connectivity index (χ1n) is 5.71. The molecule has 5 heteroatoms. The molecule has 1 aromatic rings. The van der Waals surface area contributed by atoms with Crippen molar-refractivity contribution in [2.75, 3.05) is 24.5 Å². The van der Waals surface area contributed by atoms with E-state index in [1.54, 1.807) is 0 Å². The summed E-state index contributed by atoms with van der Waals surface area (Å²) in [5.74, 6) is 0.0808. The highest BCUT2D eigenvalue weighted by molar-refractivity contribution is 9.10. The van der Waals surface area contributed by atoms with Gasteiger partial charge in [0.25, 0.3) is 0 Å². The van der Waals surface area contributed by atoms with E-state index in [4.69, 9.17) is 5.73 Å². The van der Waals surface area contributed by atoms with Gasteiger partial charge in [-0.1, -0.05) is 6.07 Å². The van der Waals surface area contributed by atoms with Crippen molar-refractivity contribution in [1.29, 1.82) is 0 Å². The fourth-order valence-corrected chi connectivity index (χ4v) is 2.62. The average molecular weight is 298 g/mol. The van der Waals surface area contributed by atoms with Gasteiger partial charge in [-0.15, -0.1) is 0 Å². The van der Waals surface area contributed by atoms with E-state index in [2.05, 4.69) is 26.1 Å². The molecule has 0 bridgehead atoms. The maximum Gasteiger partial charge on any atom is 0.239 e. The fraction of sp³-hybridized carbons (Fsp3) is 0.417. The number of anilines is 1. The molecule has 0 spiro atoms. The van der Waals surface area contributed by atoms with Crippen molar-refractivity contribution in [1.82, 2.24) is 5.32 Å². The maximum absolute atomic E-state index is 11.5. The molecule has 4 nitrogen and oxygen atoms in total. The first-order valence-corrected chi connectivity index (χ1v) is 6.50. The smallest absolute Gasteiger partial charge is 0.239 e. The SMILES string of the molecule is NCc1ccc(N2CCCNC(=O)C2)c(Br)c1. The summed E-state index contributed by atoms with van der Waals surface area (Å²) in [6, 6.07) is 6.03. The van der Waals surface area contributed by atoms with Crippen LogP contribution in [0.2, 0.25) is 0 Å². The number of carbonyl (C=O) groups excluding carboxylic acids is 1. The van der Waals surface area contributed by atoms with Gasteiger partial charge in [0.2, 0.25) is 5.91 Å². The molecule has 1 saturated heterocycles. The lowest BCUT2D eigenvalue weighted by atomic mass is 10.2. The summed E-state index contributed by atoms with van der Waals surface area (Å²) in [7, 11) is 0. The zero-order valence-electron chi connectivity index (χ0n) is 9.58. The third-order valence-electron chi connectivity index (χ3n) is 2.85. The van der Waals surface area contributed by atoms with Gasteiger partial charge >= 0.3 is 0 Å². The van der Waals surface area contributed by atoms with Gasteiger partial charge in [0.15, 0.2) is 0 Å². The molecule has 1 amide bonds. The number of halogens is 1. The Morgan fingerprint density at radius 1 is 1.47 bits per heavy atom. The van der Waals surface area contributed by atoms with Gasteiger partial charge in [-0.05, 0) is 40.0 Å². The second kappa shape index (κ2) is 5.51. The van der Waals surface area contributed by atoms with E-state index in [0.29, 0.717) is 13.1 Å². The van der Waals surface area contributed by atoms with Crippen molar-refractivity contribution >= 4 is 27.5 Å². The van der Waals surface area contributed by atoms with E-state index in [0.717, 1.165) is 35.2 Å². The average Bonchev–Trinajstić information content (AvgIpc) is 2.53. The lowest BCUT2D eigenvalue weighted by Gasteiger charge is -2.23. The Labute approximate surface area is 109 Å². The topological polar surface area (TPSA) is 58.4 Å². The number of benzene rings is 1. The standard InChI is InChI=1S/C12H16BrN3O/c13-10-6-9(7-14)2-3-11(10)16-5-1-4-15-12(17)8-16/h2-3,6H,1,4-5,7-8,14H2,(H,15,17). The quantitative estimate of drug-likeness (QED) is 0.863. The van der Waals surface area contributed by atoms with E-state index < -0.39 is 0 Å². The van der Waals surface area contributed by atoms with Crippen molar-refractivity contribution in [3.8, 4) is 0 Å². The molecule has 0 atom stereocenters. The fourth-order valence-electron chi connectivity index (χ4n) is 1.95. The van der Waals surface area contributed by atoms with Gasteiger partial charge in [0.05, 0.1) is 12.2 Å². The summed E-state index contributed by atoms with van der Waals surface area (Å²) in [5, 5.41) is 2.87. The molecule has 0 radical (unpaired) electrons. The Hall–Kier alpha value is -1.07. The molecule has 1 fully saturated rings. The number of amides is 1. The maximum atomic E-state index is 11.5. The number of nitrogens with two attached hydrogens (primary N) is 1. The lowest BCUT2D eigenvalue weighted by Crippen LogP contribution is -2.33. The Morgan fingerprint density at radius 3 is 3.00 bits per heavy atom. The van der Waals surface area contributed by atoms with Gasteiger partial charge in [0.1, 0.15) is 0 Å². The molecular weight excluding hydrogens is 282 g/mol. The minimum Gasteiger partial charge on any atom is -0.361 e. The van der Waals surface area contributed by atoms with Crippen LogP contribution in [0, 0.1) is 0 Å². The van der Waals surface area contributed by atoms with Gasteiger partial charge in [-0.2, -0.15) is 0 Å². The minimum atomic E-state index is 0.0808. The number of rotatable bonds is 2. The predicted molar refractivity (Wildman–Crippen MR) is 71.9 cm³/mol. The summed E-state index contributed by atoms with van der Waals surface area (Å²) < 4.78 is 0.996. The first kappa shape index (κ1) is 12.4. The van der Waals surface area contributed by atoms with Gasteiger partial charge < -0.3 is 16.0 Å². The molecule has 1 aliphatic rings. The zero-order chi connectivity index (χ0) is 12.3. The van der Waals surface area contributed by atoms with Gasteiger partial charge in [-0.3, -0.25) is 4.79 Å². The van der Waals surface area contributed by atoms with Crippen LogP contribution in [0.15, 0.2) is 22.7 Å². The largest absolute Gasteiger partial charge is 0.361 e. The normalized spacial score (nSPS) is 16.6. The van der Waals surface area contributed by atoms with Crippen molar-refractivity contribution < 1.29 is 4.79 Å². The number of nitrogens with one attached hydrogen (secondary N) is 1. The zero-order valence-corrected chi connectivity index (χ0v) is 11.2. The lowest BCUT2D eigenvalue weighted by molar-refractivity contribution is -0.119. The van der Waals surface area contributed by atoms with E-state index in [-0.39, 0.29) is 5.91 Å². The first-order chi connectivity index (χ1) is 8.20. The molecule has 1 heterocycles. The number of carbonyl (C=O) groups is 1. The van der Waals surface area contributed by atoms with Crippen LogP contribution in [0.3, 0.4) is 0 Å². The van der Waals surface area contributed by atoms with Crippen LogP contribution < -0.4 is 16.0 Å². The Morgan fingerprint density at radius 2 is 2.29 bits per heavy atom. The van der Waals surface area contributed by atoms with Crippen molar-refractivity contribution in [2.45, 2.75) is 13.0 Å². The second-order valence-electron chi connectivity index (χ2n) is 4.11. The Kier molecular flexibility index (Phi) is 4.02. The predicted octanol–water partition coefficient (Wildman–Crippen LogP) is 1.23. The number of hydrogen-bond donors (Lipinski definition) is 2. The van der Waals surface area contributed by atoms with Crippen LogP contribution in [-0.4, -0.2) is 25.5 Å². The highest BCUT2D eigenvalue weighted by atomic mass is 79.9. The highest BCUT2D eigenvalue weighted by Gasteiger charge is 2.16. The molecule has 0 aliphatic carbocycles. The van der Waals surface area contributed by atoms with Crippen LogP contribution in [0.5, 0.6) is 0 Å². The molecule has 2 rings (SSSR count). The molecule has 1 aromatic carbocycles. The second-order valence-corrected chi connectivity index (χ2v) is 4.97. The molecule has 0 saturated carbocycles. The number of nitrogens with zero attached hydrogens (tertiary/aromatic N) is 1. The van der Waals surface area contributed by atoms with E-state index in [1.165, 1.54) is 0 Å². The molecule has 0 unspecified atom stereocenters. The molecule has 3 N–H and O–H groups in total. The summed E-state index contributed by atoms with van der Waals surface area (Å²) in [6.07, 6.45) is 0.969. The minimum absolute atomic E-state index is 0.0808. The van der Waals surface area contributed by atoms with Crippen LogP contribution in [0.25, 0.3) is 0 Å². The third kappa shape index (κ3) is 2.98. The number of hydrogen-bond acceptors (Lipinski definition) is 3. The summed E-state index contributed by atoms with van der Waals surface area (Å²) in [5.41, 5.74) is 7.73. The van der Waals surface area contributed by atoms with E-state index in [1.807, 2.05) is 18.2 Å². The molecule has 0 aromatic heterocycles. The summed E-state index contributed by atoms with van der Waals surface area (Å²) in [4.78, 5) is 13.6. The van der Waals surface area contributed by atoms with Gasteiger partial charge in [0, 0.05) is 24.1 Å². The molecular formula is C12H16BrN3O. The van der Waals surface area contributed by atoms with Crippen molar-refractivity contribution in [3.63, 3.8) is 0 Å². The van der Waals surface area contributed by atoms with Crippen molar-refractivity contribution in [3.05, 3.63) is 28.2 Å².